The average molecular weight is 476 g/mol. The predicted octanol–water partition coefficient (Wildman–Crippen LogP) is 3.06. The van der Waals surface area contributed by atoms with Crippen LogP contribution in [-0.4, -0.2) is 59.2 Å². The van der Waals surface area contributed by atoms with Crippen molar-refractivity contribution in [1.82, 2.24) is 20.2 Å². The van der Waals surface area contributed by atoms with E-state index in [-0.39, 0.29) is 37.3 Å². The maximum atomic E-state index is 12.1. The van der Waals surface area contributed by atoms with Crippen LogP contribution in [0.4, 0.5) is 5.82 Å². The molecule has 2 aromatic carbocycles. The third-order valence-corrected chi connectivity index (χ3v) is 5.58. The molecule has 1 aliphatic heterocycles. The second-order valence-corrected chi connectivity index (χ2v) is 8.40. The van der Waals surface area contributed by atoms with E-state index in [1.54, 1.807) is 12.1 Å². The molecule has 0 aliphatic carbocycles. The molecule has 2 N–H and O–H groups in total. The van der Waals surface area contributed by atoms with E-state index in [1.165, 1.54) is 12.4 Å². The van der Waals surface area contributed by atoms with Gasteiger partial charge in [0.15, 0.2) is 6.73 Å². The van der Waals surface area contributed by atoms with Crippen molar-refractivity contribution in [2.45, 2.75) is 26.0 Å². The van der Waals surface area contributed by atoms with Crippen molar-refractivity contribution in [3.8, 4) is 5.75 Å². The highest BCUT2D eigenvalue weighted by Gasteiger charge is 2.22. The van der Waals surface area contributed by atoms with Crippen LogP contribution < -0.4 is 15.4 Å². The Morgan fingerprint density at radius 3 is 2.89 bits per heavy atom. The van der Waals surface area contributed by atoms with Crippen LogP contribution in [0.2, 0.25) is 0 Å². The molecule has 3 aromatic rings. The molecule has 4 rings (SSSR count). The standard InChI is InChI=1S/C26H29N5O4/c1-18-14-31(15-25(33)35-18)12-6-9-24(32)29-17-34-21-10-11-23-22(13-21)26(28-16-27-23)30-19(2)20-7-4-3-5-8-20/h3-11,13,16,18-19H,12,14-15,17H2,1-2H3,(H,29,32)(H,27,28,30)/t18-,19-/m1/s1. The minimum atomic E-state index is -0.277. The summed E-state index contributed by atoms with van der Waals surface area (Å²) in [5.41, 5.74) is 1.94. The van der Waals surface area contributed by atoms with Crippen molar-refractivity contribution in [1.29, 1.82) is 0 Å². The molecule has 0 spiro atoms. The van der Waals surface area contributed by atoms with Crippen molar-refractivity contribution in [3.63, 3.8) is 0 Å². The first-order valence-electron chi connectivity index (χ1n) is 11.5. The Bertz CT molecular complexity index is 1200. The Kier molecular flexibility index (Phi) is 7.89. The first kappa shape index (κ1) is 24.2. The maximum absolute atomic E-state index is 12.1. The lowest BCUT2D eigenvalue weighted by Gasteiger charge is -2.29. The summed E-state index contributed by atoms with van der Waals surface area (Å²) in [7, 11) is 0. The van der Waals surface area contributed by atoms with E-state index in [4.69, 9.17) is 9.47 Å². The van der Waals surface area contributed by atoms with Crippen LogP contribution in [0, 0.1) is 0 Å². The molecule has 182 valence electrons. The highest BCUT2D eigenvalue weighted by atomic mass is 16.5. The Morgan fingerprint density at radius 1 is 1.26 bits per heavy atom. The first-order valence-corrected chi connectivity index (χ1v) is 11.5. The van der Waals surface area contributed by atoms with Gasteiger partial charge in [-0.2, -0.15) is 0 Å². The van der Waals surface area contributed by atoms with Gasteiger partial charge in [-0.1, -0.05) is 36.4 Å². The van der Waals surface area contributed by atoms with Crippen molar-refractivity contribution in [2.24, 2.45) is 0 Å². The van der Waals surface area contributed by atoms with Crippen LogP contribution in [0.1, 0.15) is 25.5 Å². The van der Waals surface area contributed by atoms with Gasteiger partial charge in [-0.25, -0.2) is 9.97 Å². The lowest BCUT2D eigenvalue weighted by atomic mass is 10.1. The van der Waals surface area contributed by atoms with E-state index in [2.05, 4.69) is 39.7 Å². The number of cyclic esters (lactones) is 1. The lowest BCUT2D eigenvalue weighted by Crippen LogP contribution is -2.44. The third kappa shape index (κ3) is 6.77. The van der Waals surface area contributed by atoms with Crippen molar-refractivity contribution < 1.29 is 19.1 Å². The molecule has 0 bridgehead atoms. The number of hydrogen-bond donors (Lipinski definition) is 2. The lowest BCUT2D eigenvalue weighted by molar-refractivity contribution is -0.156. The van der Waals surface area contributed by atoms with Gasteiger partial charge in [0.25, 0.3) is 0 Å². The average Bonchev–Trinajstić information content (AvgIpc) is 2.84. The molecule has 1 fully saturated rings. The quantitative estimate of drug-likeness (QED) is 0.276. The molecular weight excluding hydrogens is 446 g/mol. The van der Waals surface area contributed by atoms with Gasteiger partial charge in [0.05, 0.1) is 12.1 Å². The topological polar surface area (TPSA) is 106 Å². The van der Waals surface area contributed by atoms with Crippen molar-refractivity contribution in [3.05, 3.63) is 72.6 Å². The van der Waals surface area contributed by atoms with E-state index in [9.17, 15) is 9.59 Å². The molecule has 0 radical (unpaired) electrons. The molecule has 9 nitrogen and oxygen atoms in total. The monoisotopic (exact) mass is 475 g/mol. The zero-order chi connectivity index (χ0) is 24.6. The molecule has 1 aromatic heterocycles. The zero-order valence-electron chi connectivity index (χ0n) is 19.8. The van der Waals surface area contributed by atoms with E-state index < -0.39 is 0 Å². The fourth-order valence-electron chi connectivity index (χ4n) is 3.88. The summed E-state index contributed by atoms with van der Waals surface area (Å²) >= 11 is 0. The Morgan fingerprint density at radius 2 is 2.09 bits per heavy atom. The summed E-state index contributed by atoms with van der Waals surface area (Å²) in [6, 6.07) is 15.7. The van der Waals surface area contributed by atoms with Crippen LogP contribution in [0.15, 0.2) is 67.0 Å². The van der Waals surface area contributed by atoms with Crippen molar-refractivity contribution >= 4 is 28.6 Å². The van der Waals surface area contributed by atoms with Gasteiger partial charge in [0.2, 0.25) is 5.91 Å². The van der Waals surface area contributed by atoms with Crippen molar-refractivity contribution in [2.75, 3.05) is 31.7 Å². The number of carbonyl (C=O) groups is 2. The third-order valence-electron chi connectivity index (χ3n) is 5.58. The number of nitrogens with zero attached hydrogens (tertiary/aromatic N) is 3. The molecule has 0 saturated carbocycles. The number of ether oxygens (including phenoxy) is 2. The minimum absolute atomic E-state index is 0.0125. The second kappa shape index (κ2) is 11.4. The van der Waals surface area contributed by atoms with Crippen LogP contribution in [0.5, 0.6) is 5.75 Å². The maximum Gasteiger partial charge on any atom is 0.320 e. The molecule has 2 heterocycles. The summed E-state index contributed by atoms with van der Waals surface area (Å²) < 4.78 is 10.8. The van der Waals surface area contributed by atoms with E-state index >= 15 is 0 Å². The number of esters is 1. The second-order valence-electron chi connectivity index (χ2n) is 8.40. The van der Waals surface area contributed by atoms with E-state index in [1.807, 2.05) is 42.2 Å². The highest BCUT2D eigenvalue weighted by Crippen LogP contribution is 2.27. The molecule has 9 heteroatoms. The van der Waals surface area contributed by atoms with Gasteiger partial charge < -0.3 is 20.1 Å². The summed E-state index contributed by atoms with van der Waals surface area (Å²) in [4.78, 5) is 34.3. The number of aromatic nitrogens is 2. The number of fused-ring (bicyclic) bond motifs is 1. The molecular formula is C26H29N5O4. The van der Waals surface area contributed by atoms with Gasteiger partial charge in [-0.05, 0) is 37.6 Å². The van der Waals surface area contributed by atoms with Crippen LogP contribution in [-0.2, 0) is 14.3 Å². The fourth-order valence-corrected chi connectivity index (χ4v) is 3.88. The van der Waals surface area contributed by atoms with Gasteiger partial charge in [0.1, 0.15) is 24.0 Å². The molecule has 35 heavy (non-hydrogen) atoms. The number of anilines is 1. The van der Waals surface area contributed by atoms with Crippen LogP contribution >= 0.6 is 0 Å². The normalized spacial score (nSPS) is 17.2. The summed E-state index contributed by atoms with van der Waals surface area (Å²) in [5.74, 6) is 0.775. The minimum Gasteiger partial charge on any atom is -0.473 e. The smallest absolute Gasteiger partial charge is 0.320 e. The fraction of sp³-hybridized carbons (Fsp3) is 0.308. The molecule has 1 amide bonds. The van der Waals surface area contributed by atoms with Gasteiger partial charge >= 0.3 is 5.97 Å². The Labute approximate surface area is 204 Å². The van der Waals surface area contributed by atoms with Gasteiger partial charge in [-0.3, -0.25) is 14.5 Å². The zero-order valence-corrected chi connectivity index (χ0v) is 19.8. The summed E-state index contributed by atoms with van der Waals surface area (Å²) in [6.45, 7) is 5.30. The molecule has 1 saturated heterocycles. The highest BCUT2D eigenvalue weighted by molar-refractivity contribution is 5.90. The first-order chi connectivity index (χ1) is 17.0. The number of morpholine rings is 1. The largest absolute Gasteiger partial charge is 0.473 e. The van der Waals surface area contributed by atoms with E-state index in [0.29, 0.717) is 24.7 Å². The predicted molar refractivity (Wildman–Crippen MR) is 133 cm³/mol. The number of benzene rings is 2. The number of nitrogens with one attached hydrogen (secondary N) is 2. The van der Waals surface area contributed by atoms with Crippen LogP contribution in [0.3, 0.4) is 0 Å². The molecule has 0 unspecified atom stereocenters. The number of amides is 1. The SMILES string of the molecule is C[C@@H]1CN(CC=CC(=O)NCOc2ccc3ncnc(N[C@H](C)c4ccccc4)c3c2)CC(=O)O1. The molecule has 2 atom stereocenters. The number of hydrogen-bond acceptors (Lipinski definition) is 8. The Balaban J connectivity index is 1.31. The van der Waals surface area contributed by atoms with Crippen LogP contribution in [0.25, 0.3) is 10.9 Å². The van der Waals surface area contributed by atoms with E-state index in [0.717, 1.165) is 16.5 Å². The molecule has 1 aliphatic rings. The number of carbonyl (C=O) groups excluding carboxylic acids is 2. The summed E-state index contributed by atoms with van der Waals surface area (Å²) in [5, 5.41) is 6.96. The Hall–Kier alpha value is -3.98. The van der Waals surface area contributed by atoms with Gasteiger partial charge in [0, 0.05) is 30.6 Å². The van der Waals surface area contributed by atoms with Gasteiger partial charge in [-0.15, -0.1) is 0 Å². The summed E-state index contributed by atoms with van der Waals surface area (Å²) in [6.07, 6.45) is 4.55. The number of rotatable bonds is 9.